The van der Waals surface area contributed by atoms with Crippen molar-refractivity contribution in [1.29, 1.82) is 0 Å². The fourth-order valence-electron chi connectivity index (χ4n) is 2.72. The lowest BCUT2D eigenvalue weighted by Crippen LogP contribution is -2.43. The Labute approximate surface area is 122 Å². The van der Waals surface area contributed by atoms with Gasteiger partial charge in [-0.1, -0.05) is 13.8 Å². The number of carbonyl (C=O) groups is 1. The van der Waals surface area contributed by atoms with Crippen molar-refractivity contribution < 1.29 is 13.6 Å². The van der Waals surface area contributed by atoms with Gasteiger partial charge in [-0.05, 0) is 37.0 Å². The molecule has 6 heteroatoms. The van der Waals surface area contributed by atoms with Crippen LogP contribution < -0.4 is 5.73 Å². The van der Waals surface area contributed by atoms with Crippen LogP contribution in [0.5, 0.6) is 0 Å². The smallest absolute Gasteiger partial charge is 0.257 e. The Hall–Kier alpha value is -1.98. The van der Waals surface area contributed by atoms with Gasteiger partial charge in [-0.3, -0.25) is 9.69 Å². The normalized spacial score (nSPS) is 22.1. The fraction of sp³-hybridized carbons (Fsp3) is 0.467. The van der Waals surface area contributed by atoms with Gasteiger partial charge in [0.1, 0.15) is 17.2 Å². The SMILES string of the molecule is CC(C)CC1(C)N=C(N)N(Cc2cc(F)cc(F)c2)C1=O. The molecule has 0 aliphatic carbocycles. The molecule has 0 aromatic heterocycles. The number of nitrogens with zero attached hydrogens (tertiary/aromatic N) is 2. The van der Waals surface area contributed by atoms with Crippen LogP contribution in [0.25, 0.3) is 0 Å². The second-order valence-corrected chi connectivity index (χ2v) is 6.01. The highest BCUT2D eigenvalue weighted by molar-refractivity contribution is 6.06. The molecule has 2 N–H and O–H groups in total. The molecule has 114 valence electrons. The monoisotopic (exact) mass is 295 g/mol. The van der Waals surface area contributed by atoms with E-state index in [9.17, 15) is 13.6 Å². The summed E-state index contributed by atoms with van der Waals surface area (Å²) in [6.07, 6.45) is 0.570. The number of carbonyl (C=O) groups excluding carboxylic acids is 1. The average Bonchev–Trinajstić information content (AvgIpc) is 2.50. The molecule has 1 heterocycles. The second kappa shape index (κ2) is 5.42. The molecular formula is C15H19F2N3O. The number of benzene rings is 1. The van der Waals surface area contributed by atoms with Crippen LogP contribution >= 0.6 is 0 Å². The first-order valence-electron chi connectivity index (χ1n) is 6.83. The van der Waals surface area contributed by atoms with Crippen LogP contribution in [-0.4, -0.2) is 22.3 Å². The molecule has 1 aromatic carbocycles. The van der Waals surface area contributed by atoms with Crippen molar-refractivity contribution in [2.75, 3.05) is 0 Å². The van der Waals surface area contributed by atoms with Gasteiger partial charge >= 0.3 is 0 Å². The van der Waals surface area contributed by atoms with Gasteiger partial charge in [0, 0.05) is 6.07 Å². The van der Waals surface area contributed by atoms with Crippen molar-refractivity contribution in [2.24, 2.45) is 16.6 Å². The van der Waals surface area contributed by atoms with Gasteiger partial charge < -0.3 is 5.73 Å². The van der Waals surface area contributed by atoms with E-state index in [4.69, 9.17) is 5.73 Å². The molecule has 0 saturated carbocycles. The molecule has 1 aromatic rings. The number of aliphatic imine (C=N–C) groups is 1. The zero-order valence-electron chi connectivity index (χ0n) is 12.4. The maximum atomic E-state index is 13.2. The van der Waals surface area contributed by atoms with Crippen LogP contribution in [-0.2, 0) is 11.3 Å². The number of rotatable bonds is 4. The quantitative estimate of drug-likeness (QED) is 0.927. The first kappa shape index (κ1) is 15.4. The Bertz CT molecular complexity index is 580. The van der Waals surface area contributed by atoms with Crippen LogP contribution in [0, 0.1) is 17.6 Å². The Kier molecular flexibility index (Phi) is 3.98. The summed E-state index contributed by atoms with van der Waals surface area (Å²) in [7, 11) is 0. The van der Waals surface area contributed by atoms with E-state index in [1.807, 2.05) is 13.8 Å². The van der Waals surface area contributed by atoms with E-state index in [0.29, 0.717) is 12.0 Å². The minimum atomic E-state index is -0.899. The maximum absolute atomic E-state index is 13.2. The van der Waals surface area contributed by atoms with E-state index < -0.39 is 17.2 Å². The zero-order chi connectivity index (χ0) is 15.8. The van der Waals surface area contributed by atoms with Crippen molar-refractivity contribution in [3.8, 4) is 0 Å². The van der Waals surface area contributed by atoms with Crippen molar-refractivity contribution in [3.05, 3.63) is 35.4 Å². The van der Waals surface area contributed by atoms with E-state index in [1.165, 1.54) is 17.0 Å². The van der Waals surface area contributed by atoms with E-state index in [0.717, 1.165) is 6.07 Å². The predicted molar refractivity (Wildman–Crippen MR) is 76.4 cm³/mol. The minimum Gasteiger partial charge on any atom is -0.369 e. The van der Waals surface area contributed by atoms with Gasteiger partial charge in [0.05, 0.1) is 6.54 Å². The molecule has 1 unspecified atom stereocenters. The molecule has 0 fully saturated rings. The lowest BCUT2D eigenvalue weighted by Gasteiger charge is -2.23. The molecule has 0 radical (unpaired) electrons. The van der Waals surface area contributed by atoms with Gasteiger partial charge in [-0.2, -0.15) is 0 Å². The topological polar surface area (TPSA) is 58.7 Å². The Morgan fingerprint density at radius 2 is 1.86 bits per heavy atom. The first-order chi connectivity index (χ1) is 9.71. The van der Waals surface area contributed by atoms with E-state index >= 15 is 0 Å². The summed E-state index contributed by atoms with van der Waals surface area (Å²) in [5.74, 6) is -1.23. The average molecular weight is 295 g/mol. The molecule has 1 amide bonds. The summed E-state index contributed by atoms with van der Waals surface area (Å²) in [5, 5.41) is 0. The van der Waals surface area contributed by atoms with Crippen molar-refractivity contribution >= 4 is 11.9 Å². The van der Waals surface area contributed by atoms with Gasteiger partial charge in [0.25, 0.3) is 5.91 Å². The van der Waals surface area contributed by atoms with Gasteiger partial charge in [0.15, 0.2) is 5.96 Å². The highest BCUT2D eigenvalue weighted by Gasteiger charge is 2.44. The molecule has 2 rings (SSSR count). The summed E-state index contributed by atoms with van der Waals surface area (Å²) < 4.78 is 26.4. The molecule has 1 aliphatic rings. The second-order valence-electron chi connectivity index (χ2n) is 6.01. The number of amides is 1. The van der Waals surface area contributed by atoms with Crippen LogP contribution in [0.2, 0.25) is 0 Å². The van der Waals surface area contributed by atoms with Crippen molar-refractivity contribution in [3.63, 3.8) is 0 Å². The van der Waals surface area contributed by atoms with Crippen LogP contribution in [0.4, 0.5) is 8.78 Å². The van der Waals surface area contributed by atoms with Crippen molar-refractivity contribution in [1.82, 2.24) is 4.90 Å². The molecule has 4 nitrogen and oxygen atoms in total. The fourth-order valence-corrected chi connectivity index (χ4v) is 2.72. The summed E-state index contributed by atoms with van der Waals surface area (Å²) in [6, 6.07) is 3.15. The lowest BCUT2D eigenvalue weighted by atomic mass is 9.91. The van der Waals surface area contributed by atoms with E-state index in [-0.39, 0.29) is 24.3 Å². The molecule has 0 spiro atoms. The van der Waals surface area contributed by atoms with E-state index in [2.05, 4.69) is 4.99 Å². The molecular weight excluding hydrogens is 276 g/mol. The first-order valence-corrected chi connectivity index (χ1v) is 6.83. The number of nitrogens with two attached hydrogens (primary N) is 1. The molecule has 0 saturated heterocycles. The number of halogens is 2. The standard InChI is InChI=1S/C15H19F2N3O/c1-9(2)7-15(3)13(21)20(14(18)19-15)8-10-4-11(16)6-12(17)5-10/h4-6,9H,7-8H2,1-3H3,(H2,18,19). The largest absolute Gasteiger partial charge is 0.369 e. The predicted octanol–water partition coefficient (Wildman–Crippen LogP) is 2.43. The maximum Gasteiger partial charge on any atom is 0.257 e. The Morgan fingerprint density at radius 1 is 1.29 bits per heavy atom. The molecule has 1 aliphatic heterocycles. The van der Waals surface area contributed by atoms with Gasteiger partial charge in [-0.25, -0.2) is 13.8 Å². The van der Waals surface area contributed by atoms with E-state index in [1.54, 1.807) is 6.92 Å². The Morgan fingerprint density at radius 3 is 2.38 bits per heavy atom. The molecule has 0 bridgehead atoms. The van der Waals surface area contributed by atoms with Gasteiger partial charge in [0.2, 0.25) is 0 Å². The van der Waals surface area contributed by atoms with Crippen LogP contribution in [0.3, 0.4) is 0 Å². The van der Waals surface area contributed by atoms with Crippen molar-refractivity contribution in [2.45, 2.75) is 39.3 Å². The summed E-state index contributed by atoms with van der Waals surface area (Å²) in [5.41, 5.74) is 5.25. The number of hydrogen-bond donors (Lipinski definition) is 1. The minimum absolute atomic E-state index is 0.0104. The zero-order valence-corrected chi connectivity index (χ0v) is 12.4. The molecule has 1 atom stereocenters. The summed E-state index contributed by atoms with van der Waals surface area (Å²) >= 11 is 0. The number of hydrogen-bond acceptors (Lipinski definition) is 3. The van der Waals surface area contributed by atoms with Gasteiger partial charge in [-0.15, -0.1) is 0 Å². The Balaban J connectivity index is 2.22. The van der Waals surface area contributed by atoms with Crippen LogP contribution in [0.15, 0.2) is 23.2 Å². The number of guanidine groups is 1. The lowest BCUT2D eigenvalue weighted by molar-refractivity contribution is -0.131. The summed E-state index contributed by atoms with van der Waals surface area (Å²) in [4.78, 5) is 18.0. The highest BCUT2D eigenvalue weighted by atomic mass is 19.1. The summed E-state index contributed by atoms with van der Waals surface area (Å²) in [6.45, 7) is 5.73. The molecule has 21 heavy (non-hydrogen) atoms. The third-order valence-corrected chi connectivity index (χ3v) is 3.41. The van der Waals surface area contributed by atoms with Crippen LogP contribution in [0.1, 0.15) is 32.8 Å². The third-order valence-electron chi connectivity index (χ3n) is 3.41. The highest BCUT2D eigenvalue weighted by Crippen LogP contribution is 2.29. The third kappa shape index (κ3) is 3.20.